The molecule has 0 saturated heterocycles. The molecule has 126 valence electrons. The van der Waals surface area contributed by atoms with Crippen LogP contribution in [0.3, 0.4) is 0 Å². The molecule has 0 spiro atoms. The van der Waals surface area contributed by atoms with Crippen LogP contribution in [0.1, 0.15) is 26.5 Å². The number of carboxylic acids is 1. The fourth-order valence-corrected chi connectivity index (χ4v) is 2.66. The number of aromatic nitrogens is 1. The van der Waals surface area contributed by atoms with Crippen molar-refractivity contribution in [2.75, 3.05) is 5.32 Å². The Balaban J connectivity index is 2.01. The predicted molar refractivity (Wildman–Crippen MR) is 90.4 cm³/mol. The maximum absolute atomic E-state index is 12.7. The van der Waals surface area contributed by atoms with Crippen LogP contribution < -0.4 is 10.4 Å². The number of amides is 1. The first-order chi connectivity index (χ1) is 12.0. The summed E-state index contributed by atoms with van der Waals surface area (Å²) in [5, 5.41) is 18.1. The summed E-state index contributed by atoms with van der Waals surface area (Å²) < 4.78 is 5.14. The minimum Gasteiger partial charge on any atom is -0.545 e. The molecule has 0 radical (unpaired) electrons. The lowest BCUT2D eigenvalue weighted by atomic mass is 10.1. The van der Waals surface area contributed by atoms with Gasteiger partial charge in [0, 0.05) is 11.1 Å². The molecule has 0 aliphatic heterocycles. The van der Waals surface area contributed by atoms with Gasteiger partial charge in [-0.25, -0.2) is 0 Å². The summed E-state index contributed by atoms with van der Waals surface area (Å²) in [6.07, 6.45) is 0. The Morgan fingerprint density at radius 3 is 2.52 bits per heavy atom. The van der Waals surface area contributed by atoms with Crippen molar-refractivity contribution < 1.29 is 19.2 Å². The zero-order valence-corrected chi connectivity index (χ0v) is 13.8. The van der Waals surface area contributed by atoms with E-state index in [0.29, 0.717) is 16.3 Å². The minimum absolute atomic E-state index is 0.121. The van der Waals surface area contributed by atoms with Crippen LogP contribution in [0.2, 0.25) is 5.02 Å². The summed E-state index contributed by atoms with van der Waals surface area (Å²) in [6.45, 7) is 1.59. The van der Waals surface area contributed by atoms with E-state index in [1.165, 1.54) is 12.1 Å². The van der Waals surface area contributed by atoms with Gasteiger partial charge in [0.25, 0.3) is 5.91 Å². The van der Waals surface area contributed by atoms with Crippen molar-refractivity contribution in [2.24, 2.45) is 0 Å². The molecule has 3 aromatic rings. The molecule has 1 N–H and O–H groups in total. The van der Waals surface area contributed by atoms with Crippen molar-refractivity contribution in [3.8, 4) is 11.3 Å². The molecule has 0 aliphatic carbocycles. The first-order valence-corrected chi connectivity index (χ1v) is 7.69. The smallest absolute Gasteiger partial charge is 0.261 e. The highest BCUT2D eigenvalue weighted by atomic mass is 35.5. The van der Waals surface area contributed by atoms with Crippen LogP contribution in [0.4, 0.5) is 5.69 Å². The molecule has 6 nitrogen and oxygen atoms in total. The zero-order valence-electron chi connectivity index (χ0n) is 13.1. The van der Waals surface area contributed by atoms with Gasteiger partial charge in [0.05, 0.1) is 16.7 Å². The van der Waals surface area contributed by atoms with Crippen molar-refractivity contribution in [2.45, 2.75) is 6.92 Å². The maximum Gasteiger partial charge on any atom is 0.261 e. The van der Waals surface area contributed by atoms with Gasteiger partial charge >= 0.3 is 0 Å². The highest BCUT2D eigenvalue weighted by molar-refractivity contribution is 6.33. The Bertz CT molecular complexity index is 965. The number of aryl methyl sites for hydroxylation is 1. The number of hydrogen-bond acceptors (Lipinski definition) is 5. The lowest BCUT2D eigenvalue weighted by molar-refractivity contribution is -0.254. The fraction of sp³-hybridized carbons (Fsp3) is 0.0556. The average Bonchev–Trinajstić information content (AvgIpc) is 2.97. The molecule has 1 heterocycles. The van der Waals surface area contributed by atoms with Gasteiger partial charge in [0.2, 0.25) is 0 Å². The Kier molecular flexibility index (Phi) is 4.54. The Morgan fingerprint density at radius 1 is 1.12 bits per heavy atom. The van der Waals surface area contributed by atoms with Crippen molar-refractivity contribution in [3.63, 3.8) is 0 Å². The summed E-state index contributed by atoms with van der Waals surface area (Å²) in [5.74, 6) is -1.65. The SMILES string of the molecule is Cc1onc(-c2ccccc2Cl)c1C(=O)Nc1ccccc1C(=O)[O-]. The number of rotatable bonds is 4. The molecule has 0 aliphatic rings. The van der Waals surface area contributed by atoms with E-state index in [1.54, 1.807) is 43.3 Å². The lowest BCUT2D eigenvalue weighted by Crippen LogP contribution is -2.25. The molecule has 0 fully saturated rings. The van der Waals surface area contributed by atoms with Crippen molar-refractivity contribution in [1.29, 1.82) is 0 Å². The minimum atomic E-state index is -1.38. The van der Waals surface area contributed by atoms with E-state index in [0.717, 1.165) is 0 Å². The number of hydrogen-bond donors (Lipinski definition) is 1. The highest BCUT2D eigenvalue weighted by Crippen LogP contribution is 2.31. The maximum atomic E-state index is 12.7. The topological polar surface area (TPSA) is 95.3 Å². The number of carbonyl (C=O) groups excluding carboxylic acids is 2. The molecular weight excluding hydrogens is 344 g/mol. The van der Waals surface area contributed by atoms with Crippen LogP contribution in [-0.4, -0.2) is 17.0 Å². The molecule has 1 aromatic heterocycles. The van der Waals surface area contributed by atoms with Crippen molar-refractivity contribution in [3.05, 3.63) is 70.4 Å². The normalized spacial score (nSPS) is 10.5. The van der Waals surface area contributed by atoms with Gasteiger partial charge in [0.1, 0.15) is 17.0 Å². The third-order valence-corrected chi connectivity index (χ3v) is 3.94. The van der Waals surface area contributed by atoms with Gasteiger partial charge in [-0.05, 0) is 19.1 Å². The van der Waals surface area contributed by atoms with Gasteiger partial charge in [-0.1, -0.05) is 53.2 Å². The number of carboxylic acid groups (broad SMARTS) is 1. The number of para-hydroxylation sites is 1. The summed E-state index contributed by atoms with van der Waals surface area (Å²) in [4.78, 5) is 23.9. The Hall–Kier alpha value is -3.12. The Labute approximate surface area is 148 Å². The third kappa shape index (κ3) is 3.25. The molecular formula is C18H12ClN2O4-. The number of anilines is 1. The van der Waals surface area contributed by atoms with E-state index in [-0.39, 0.29) is 22.5 Å². The van der Waals surface area contributed by atoms with Crippen LogP contribution >= 0.6 is 11.6 Å². The number of aromatic carboxylic acids is 1. The van der Waals surface area contributed by atoms with Crippen molar-refractivity contribution >= 4 is 29.2 Å². The van der Waals surface area contributed by atoms with Crippen molar-refractivity contribution in [1.82, 2.24) is 5.16 Å². The summed E-state index contributed by atoms with van der Waals surface area (Å²) in [7, 11) is 0. The van der Waals surface area contributed by atoms with Crippen LogP contribution in [0.5, 0.6) is 0 Å². The number of nitrogens with zero attached hydrogens (tertiary/aromatic N) is 1. The van der Waals surface area contributed by atoms with E-state index < -0.39 is 11.9 Å². The zero-order chi connectivity index (χ0) is 18.0. The monoisotopic (exact) mass is 355 g/mol. The molecule has 0 unspecified atom stereocenters. The number of carbonyl (C=O) groups is 2. The number of nitrogens with one attached hydrogen (secondary N) is 1. The van der Waals surface area contributed by atoms with E-state index in [9.17, 15) is 14.7 Å². The predicted octanol–water partition coefficient (Wildman–Crippen LogP) is 2.92. The Morgan fingerprint density at radius 2 is 1.80 bits per heavy atom. The average molecular weight is 356 g/mol. The quantitative estimate of drug-likeness (QED) is 0.776. The van der Waals surface area contributed by atoms with E-state index in [2.05, 4.69) is 10.5 Å². The summed E-state index contributed by atoms with van der Waals surface area (Å²) in [6, 6.07) is 12.9. The fourth-order valence-electron chi connectivity index (χ4n) is 2.43. The van der Waals surface area contributed by atoms with Crippen LogP contribution in [0, 0.1) is 6.92 Å². The molecule has 1 amide bonds. The van der Waals surface area contributed by atoms with Gasteiger partial charge in [0.15, 0.2) is 0 Å². The third-order valence-electron chi connectivity index (χ3n) is 3.61. The molecule has 0 atom stereocenters. The van der Waals surface area contributed by atoms with E-state index >= 15 is 0 Å². The molecule has 7 heteroatoms. The van der Waals surface area contributed by atoms with Gasteiger partial charge in [-0.2, -0.15) is 0 Å². The molecule has 0 saturated carbocycles. The van der Waals surface area contributed by atoms with Crippen LogP contribution in [0.15, 0.2) is 53.1 Å². The van der Waals surface area contributed by atoms with Gasteiger partial charge in [-0.3, -0.25) is 4.79 Å². The van der Waals surface area contributed by atoms with Crippen LogP contribution in [-0.2, 0) is 0 Å². The van der Waals surface area contributed by atoms with Crippen LogP contribution in [0.25, 0.3) is 11.3 Å². The first-order valence-electron chi connectivity index (χ1n) is 7.32. The molecule has 25 heavy (non-hydrogen) atoms. The first kappa shape index (κ1) is 16.7. The standard InChI is InChI=1S/C18H13ClN2O4/c1-10-15(16(21-25-10)11-6-2-4-8-13(11)19)17(22)20-14-9-5-3-7-12(14)18(23)24/h2-9H,1H3,(H,20,22)(H,23,24)/p-1. The highest BCUT2D eigenvalue weighted by Gasteiger charge is 2.23. The lowest BCUT2D eigenvalue weighted by Gasteiger charge is -2.11. The van der Waals surface area contributed by atoms with E-state index in [1.807, 2.05) is 0 Å². The van der Waals surface area contributed by atoms with Gasteiger partial charge < -0.3 is 19.7 Å². The number of halogens is 1. The van der Waals surface area contributed by atoms with Gasteiger partial charge in [-0.15, -0.1) is 0 Å². The number of benzene rings is 2. The molecule has 3 rings (SSSR count). The van der Waals surface area contributed by atoms with E-state index in [4.69, 9.17) is 16.1 Å². The second-order valence-corrected chi connectivity index (χ2v) is 5.64. The molecule has 0 bridgehead atoms. The summed E-state index contributed by atoms with van der Waals surface area (Å²) >= 11 is 6.17. The summed E-state index contributed by atoms with van der Waals surface area (Å²) in [5.41, 5.74) is 1.01. The largest absolute Gasteiger partial charge is 0.545 e. The molecule has 2 aromatic carbocycles. The second-order valence-electron chi connectivity index (χ2n) is 5.23. The second kappa shape index (κ2) is 6.78.